The van der Waals surface area contributed by atoms with Crippen LogP contribution in [0.25, 0.3) is 0 Å². The lowest BCUT2D eigenvalue weighted by molar-refractivity contribution is 0.414. The summed E-state index contributed by atoms with van der Waals surface area (Å²) in [6, 6.07) is 18.5. The van der Waals surface area contributed by atoms with E-state index in [1.807, 2.05) is 30.3 Å². The van der Waals surface area contributed by atoms with Gasteiger partial charge in [-0.15, -0.1) is 0 Å². The number of ether oxygens (including phenoxy) is 1. The molecule has 0 heterocycles. The molecule has 1 N–H and O–H groups in total. The normalized spacial score (nSPS) is 12.1. The van der Waals surface area contributed by atoms with Gasteiger partial charge in [-0.05, 0) is 29.7 Å². The van der Waals surface area contributed by atoms with E-state index in [9.17, 15) is 0 Å². The van der Waals surface area contributed by atoms with Crippen molar-refractivity contribution < 1.29 is 4.74 Å². The van der Waals surface area contributed by atoms with Crippen LogP contribution in [0.1, 0.15) is 16.1 Å². The summed E-state index contributed by atoms with van der Waals surface area (Å²) in [7, 11) is 1.70. The molecule has 0 radical (unpaired) electrons. The van der Waals surface area contributed by atoms with Crippen molar-refractivity contribution in [3.05, 3.63) is 65.7 Å². The average molecular weight is 320 g/mol. The second-order valence-electron chi connectivity index (χ2n) is 4.33. The van der Waals surface area contributed by atoms with Crippen molar-refractivity contribution in [2.24, 2.45) is 0 Å². The van der Waals surface area contributed by atoms with Crippen LogP contribution in [0.4, 0.5) is 0 Å². The molecule has 0 saturated carbocycles. The average Bonchev–Trinajstić information content (AvgIpc) is 2.48. The summed E-state index contributed by atoms with van der Waals surface area (Å²) in [4.78, 5) is 0.194. The van der Waals surface area contributed by atoms with Crippen LogP contribution in [0, 0.1) is 0 Å². The van der Waals surface area contributed by atoms with Gasteiger partial charge in [0.25, 0.3) is 0 Å². The SMILES string of the molecule is COc1cccc(CCNC(Br)c2ccccc2)c1. The summed E-state index contributed by atoms with van der Waals surface area (Å²) in [5, 5.41) is 3.46. The third kappa shape index (κ3) is 4.37. The smallest absolute Gasteiger partial charge is 0.119 e. The molecule has 100 valence electrons. The Morgan fingerprint density at radius 3 is 2.63 bits per heavy atom. The van der Waals surface area contributed by atoms with E-state index in [1.54, 1.807) is 7.11 Å². The fourth-order valence-electron chi connectivity index (χ4n) is 1.91. The van der Waals surface area contributed by atoms with Crippen molar-refractivity contribution in [1.82, 2.24) is 5.32 Å². The molecule has 0 fully saturated rings. The topological polar surface area (TPSA) is 21.3 Å². The van der Waals surface area contributed by atoms with Crippen LogP contribution in [-0.4, -0.2) is 13.7 Å². The van der Waals surface area contributed by atoms with Gasteiger partial charge in [0, 0.05) is 6.54 Å². The lowest BCUT2D eigenvalue weighted by Crippen LogP contribution is -2.19. The van der Waals surface area contributed by atoms with Crippen molar-refractivity contribution in [1.29, 1.82) is 0 Å². The summed E-state index contributed by atoms with van der Waals surface area (Å²) >= 11 is 3.65. The lowest BCUT2D eigenvalue weighted by Gasteiger charge is -2.12. The highest BCUT2D eigenvalue weighted by atomic mass is 79.9. The summed E-state index contributed by atoms with van der Waals surface area (Å²) in [5.41, 5.74) is 2.52. The first-order chi connectivity index (χ1) is 9.29. The summed E-state index contributed by atoms with van der Waals surface area (Å²) in [6.45, 7) is 0.915. The van der Waals surface area contributed by atoms with Gasteiger partial charge in [0.05, 0.1) is 12.1 Å². The molecule has 2 aromatic rings. The van der Waals surface area contributed by atoms with E-state index in [2.05, 4.69) is 45.5 Å². The van der Waals surface area contributed by atoms with Crippen molar-refractivity contribution in [2.75, 3.05) is 13.7 Å². The fraction of sp³-hybridized carbons (Fsp3) is 0.250. The zero-order valence-electron chi connectivity index (χ0n) is 11.0. The van der Waals surface area contributed by atoms with Gasteiger partial charge in [-0.2, -0.15) is 0 Å². The maximum Gasteiger partial charge on any atom is 0.119 e. The molecule has 0 aliphatic carbocycles. The van der Waals surface area contributed by atoms with Gasteiger partial charge >= 0.3 is 0 Å². The van der Waals surface area contributed by atoms with Crippen LogP contribution >= 0.6 is 15.9 Å². The Morgan fingerprint density at radius 2 is 1.89 bits per heavy atom. The molecule has 2 rings (SSSR count). The number of alkyl halides is 1. The molecule has 2 nitrogen and oxygen atoms in total. The van der Waals surface area contributed by atoms with Gasteiger partial charge in [-0.1, -0.05) is 58.4 Å². The van der Waals surface area contributed by atoms with E-state index in [0.29, 0.717) is 0 Å². The first-order valence-corrected chi connectivity index (χ1v) is 7.26. The number of halogens is 1. The summed E-state index contributed by atoms with van der Waals surface area (Å²) in [5.74, 6) is 0.913. The largest absolute Gasteiger partial charge is 0.497 e. The number of benzene rings is 2. The van der Waals surface area contributed by atoms with Crippen molar-refractivity contribution in [3.63, 3.8) is 0 Å². The number of hydrogen-bond acceptors (Lipinski definition) is 2. The van der Waals surface area contributed by atoms with Crippen molar-refractivity contribution in [2.45, 2.75) is 11.4 Å². The van der Waals surface area contributed by atoms with Crippen LogP contribution in [0.15, 0.2) is 54.6 Å². The Morgan fingerprint density at radius 1 is 1.11 bits per heavy atom. The second-order valence-corrected chi connectivity index (χ2v) is 5.24. The molecule has 0 aromatic heterocycles. The zero-order chi connectivity index (χ0) is 13.5. The van der Waals surface area contributed by atoms with Gasteiger partial charge < -0.3 is 10.1 Å². The second kappa shape index (κ2) is 7.31. The Labute approximate surface area is 122 Å². The Hall–Kier alpha value is -1.32. The Bertz CT molecular complexity index is 501. The number of methoxy groups -OCH3 is 1. The van der Waals surface area contributed by atoms with Crippen molar-refractivity contribution >= 4 is 15.9 Å². The monoisotopic (exact) mass is 319 g/mol. The highest BCUT2D eigenvalue weighted by Crippen LogP contribution is 2.19. The van der Waals surface area contributed by atoms with Crippen LogP contribution in [-0.2, 0) is 6.42 Å². The predicted octanol–water partition coefficient (Wildman–Crippen LogP) is 3.92. The highest BCUT2D eigenvalue weighted by molar-refractivity contribution is 9.09. The minimum absolute atomic E-state index is 0.194. The van der Waals surface area contributed by atoms with Gasteiger partial charge in [-0.25, -0.2) is 0 Å². The third-order valence-corrected chi connectivity index (χ3v) is 3.82. The molecule has 0 bridgehead atoms. The van der Waals surface area contributed by atoms with Gasteiger partial charge in [0.1, 0.15) is 5.75 Å². The van der Waals surface area contributed by atoms with Crippen LogP contribution < -0.4 is 10.1 Å². The van der Waals surface area contributed by atoms with Crippen LogP contribution in [0.2, 0.25) is 0 Å². The van der Waals surface area contributed by atoms with E-state index in [1.165, 1.54) is 11.1 Å². The quantitative estimate of drug-likeness (QED) is 0.643. The molecule has 0 aliphatic heterocycles. The molecule has 3 heteroatoms. The lowest BCUT2D eigenvalue weighted by atomic mass is 10.1. The maximum absolute atomic E-state index is 5.22. The number of hydrogen-bond donors (Lipinski definition) is 1. The molecule has 0 aliphatic rings. The standard InChI is InChI=1S/C16H18BrNO/c1-19-15-9-5-6-13(12-15)10-11-18-16(17)14-7-3-2-4-8-14/h2-9,12,16,18H,10-11H2,1H3. The molecule has 2 aromatic carbocycles. The van der Waals surface area contributed by atoms with E-state index in [4.69, 9.17) is 4.74 Å². The molecular weight excluding hydrogens is 302 g/mol. The van der Waals surface area contributed by atoms with E-state index < -0.39 is 0 Å². The minimum atomic E-state index is 0.194. The maximum atomic E-state index is 5.22. The van der Waals surface area contributed by atoms with Crippen LogP contribution in [0.5, 0.6) is 5.75 Å². The first kappa shape index (κ1) is 14.1. The zero-order valence-corrected chi connectivity index (χ0v) is 12.6. The van der Waals surface area contributed by atoms with E-state index in [0.717, 1.165) is 18.7 Å². The van der Waals surface area contributed by atoms with Gasteiger partial charge in [-0.3, -0.25) is 0 Å². The summed E-state index contributed by atoms with van der Waals surface area (Å²) < 4.78 is 5.22. The van der Waals surface area contributed by atoms with Gasteiger partial charge in [0.15, 0.2) is 0 Å². The number of nitrogens with one attached hydrogen (secondary N) is 1. The summed E-state index contributed by atoms with van der Waals surface area (Å²) in [6.07, 6.45) is 0.978. The predicted molar refractivity (Wildman–Crippen MR) is 82.8 cm³/mol. The fourth-order valence-corrected chi connectivity index (χ4v) is 2.45. The molecule has 0 spiro atoms. The van der Waals surface area contributed by atoms with E-state index >= 15 is 0 Å². The molecule has 0 amide bonds. The third-order valence-electron chi connectivity index (χ3n) is 2.96. The van der Waals surface area contributed by atoms with E-state index in [-0.39, 0.29) is 4.95 Å². The highest BCUT2D eigenvalue weighted by Gasteiger charge is 2.05. The Kier molecular flexibility index (Phi) is 5.43. The molecule has 19 heavy (non-hydrogen) atoms. The number of rotatable bonds is 6. The van der Waals surface area contributed by atoms with Gasteiger partial charge in [0.2, 0.25) is 0 Å². The molecule has 1 unspecified atom stereocenters. The first-order valence-electron chi connectivity index (χ1n) is 6.35. The minimum Gasteiger partial charge on any atom is -0.497 e. The molecule has 1 atom stereocenters. The molecule has 0 saturated heterocycles. The van der Waals surface area contributed by atoms with Crippen LogP contribution in [0.3, 0.4) is 0 Å². The molecular formula is C16H18BrNO. The van der Waals surface area contributed by atoms with Crippen molar-refractivity contribution in [3.8, 4) is 5.75 Å². The Balaban J connectivity index is 1.83.